The number of nitrogens with zero attached hydrogens (tertiary/aromatic N) is 1. The minimum atomic E-state index is -0.415. The molecule has 1 heterocycles. The summed E-state index contributed by atoms with van der Waals surface area (Å²) in [6.07, 6.45) is 0.945. The van der Waals surface area contributed by atoms with Gasteiger partial charge < -0.3 is 20.1 Å². The summed E-state index contributed by atoms with van der Waals surface area (Å²) < 4.78 is 10.1. The number of benzene rings is 1. The van der Waals surface area contributed by atoms with Gasteiger partial charge >= 0.3 is 5.97 Å². The molecule has 0 bridgehead atoms. The first-order chi connectivity index (χ1) is 13.0. The molecule has 0 aliphatic heterocycles. The zero-order chi connectivity index (χ0) is 19.8. The fourth-order valence-electron chi connectivity index (χ4n) is 2.69. The van der Waals surface area contributed by atoms with Gasteiger partial charge in [-0.3, -0.25) is 4.99 Å². The van der Waals surface area contributed by atoms with E-state index in [0.717, 1.165) is 17.9 Å². The summed E-state index contributed by atoms with van der Waals surface area (Å²) in [5, 5.41) is 6.69. The zero-order valence-electron chi connectivity index (χ0n) is 16.9. The number of aliphatic imine (C=N–C) groups is 1. The zero-order valence-corrected chi connectivity index (χ0v) is 20.0. The molecule has 0 radical (unpaired) electrons. The number of methoxy groups -OCH3 is 2. The molecule has 1 unspecified atom stereocenters. The average Bonchev–Trinajstić information content (AvgIpc) is 3.08. The Kier molecular flexibility index (Phi) is 10.3. The van der Waals surface area contributed by atoms with Crippen LogP contribution in [-0.2, 0) is 17.7 Å². The number of hydrogen-bond donors (Lipinski definition) is 2. The summed E-state index contributed by atoms with van der Waals surface area (Å²) in [4.78, 5) is 18.7. The third-order valence-corrected chi connectivity index (χ3v) is 5.06. The maximum atomic E-state index is 11.7. The highest BCUT2D eigenvalue weighted by Crippen LogP contribution is 2.21. The Morgan fingerprint density at radius 1 is 1.25 bits per heavy atom. The van der Waals surface area contributed by atoms with Crippen molar-refractivity contribution in [2.45, 2.75) is 32.9 Å². The van der Waals surface area contributed by atoms with Gasteiger partial charge in [0, 0.05) is 35.8 Å². The van der Waals surface area contributed by atoms with E-state index in [4.69, 9.17) is 9.47 Å². The van der Waals surface area contributed by atoms with Crippen molar-refractivity contribution in [1.82, 2.24) is 10.6 Å². The van der Waals surface area contributed by atoms with Crippen LogP contribution in [0.5, 0.6) is 5.75 Å². The summed E-state index contributed by atoms with van der Waals surface area (Å²) in [6, 6.07) is 9.97. The van der Waals surface area contributed by atoms with Crippen LogP contribution in [0, 0.1) is 6.92 Å². The van der Waals surface area contributed by atoms with Gasteiger partial charge in [0.05, 0.1) is 14.2 Å². The number of hydrogen-bond acceptors (Lipinski definition) is 5. The third-order valence-electron chi connectivity index (χ3n) is 4.04. The van der Waals surface area contributed by atoms with Crippen LogP contribution in [0.2, 0.25) is 0 Å². The highest BCUT2D eigenvalue weighted by atomic mass is 127. The lowest BCUT2D eigenvalue weighted by Gasteiger charge is -2.18. The van der Waals surface area contributed by atoms with Gasteiger partial charge in [0.1, 0.15) is 11.3 Å². The van der Waals surface area contributed by atoms with Crippen LogP contribution in [0.4, 0.5) is 0 Å². The van der Waals surface area contributed by atoms with Crippen molar-refractivity contribution in [3.05, 3.63) is 51.2 Å². The average molecular weight is 517 g/mol. The Labute approximate surface area is 187 Å². The molecule has 8 heteroatoms. The molecule has 0 saturated heterocycles. The highest BCUT2D eigenvalue weighted by Gasteiger charge is 2.13. The van der Waals surface area contributed by atoms with E-state index >= 15 is 0 Å². The van der Waals surface area contributed by atoms with E-state index in [1.807, 2.05) is 23.5 Å². The van der Waals surface area contributed by atoms with Crippen molar-refractivity contribution >= 4 is 47.2 Å². The molecule has 28 heavy (non-hydrogen) atoms. The van der Waals surface area contributed by atoms with E-state index in [1.165, 1.54) is 24.0 Å². The van der Waals surface area contributed by atoms with Gasteiger partial charge in [0.2, 0.25) is 0 Å². The highest BCUT2D eigenvalue weighted by molar-refractivity contribution is 14.0. The van der Waals surface area contributed by atoms with E-state index in [-0.39, 0.29) is 30.0 Å². The van der Waals surface area contributed by atoms with Crippen LogP contribution in [0.15, 0.2) is 35.3 Å². The first-order valence-corrected chi connectivity index (χ1v) is 9.56. The van der Waals surface area contributed by atoms with Gasteiger partial charge in [0.25, 0.3) is 0 Å². The molecule has 0 aliphatic carbocycles. The van der Waals surface area contributed by atoms with Crippen LogP contribution in [0.25, 0.3) is 0 Å². The molecule has 0 fully saturated rings. The fourth-order valence-corrected chi connectivity index (χ4v) is 3.70. The van der Waals surface area contributed by atoms with Crippen molar-refractivity contribution in [3.8, 4) is 5.75 Å². The monoisotopic (exact) mass is 517 g/mol. The summed E-state index contributed by atoms with van der Waals surface area (Å²) >= 11 is 1.82. The number of nitrogens with one attached hydrogen (secondary N) is 2. The van der Waals surface area contributed by atoms with Crippen LogP contribution in [0.1, 0.15) is 32.6 Å². The number of halogens is 1. The van der Waals surface area contributed by atoms with Gasteiger partial charge in [-0.1, -0.05) is 6.07 Å². The molecule has 2 aromatic rings. The molecule has 6 nitrogen and oxygen atoms in total. The van der Waals surface area contributed by atoms with Crippen molar-refractivity contribution < 1.29 is 14.3 Å². The van der Waals surface area contributed by atoms with Gasteiger partial charge in [0.15, 0.2) is 5.96 Å². The second kappa shape index (κ2) is 11.9. The number of guanidine groups is 1. The van der Waals surface area contributed by atoms with E-state index in [1.54, 1.807) is 13.1 Å². The number of carbonyl (C=O) groups excluding carboxylic acids is 1. The lowest BCUT2D eigenvalue weighted by molar-refractivity contribution is 0.0597. The fraction of sp³-hybridized carbons (Fsp3) is 0.400. The number of ether oxygens (including phenoxy) is 2. The first-order valence-electron chi connectivity index (χ1n) is 8.74. The first kappa shape index (κ1) is 24.2. The Morgan fingerprint density at radius 2 is 2.00 bits per heavy atom. The molecule has 2 rings (SSSR count). The topological polar surface area (TPSA) is 72.0 Å². The van der Waals surface area contributed by atoms with Gasteiger partial charge in [-0.25, -0.2) is 4.79 Å². The van der Waals surface area contributed by atoms with Crippen molar-refractivity contribution in [1.29, 1.82) is 0 Å². The molecule has 0 saturated carbocycles. The Balaban J connectivity index is 0.00000392. The van der Waals surface area contributed by atoms with Gasteiger partial charge in [-0.05, 0) is 43.7 Å². The van der Waals surface area contributed by atoms with E-state index in [9.17, 15) is 4.79 Å². The predicted molar refractivity (Wildman–Crippen MR) is 125 cm³/mol. The molecule has 154 valence electrons. The van der Waals surface area contributed by atoms with Crippen LogP contribution >= 0.6 is 35.3 Å². The lowest BCUT2D eigenvalue weighted by Crippen LogP contribution is -2.42. The molecule has 0 amide bonds. The molecular formula is C20H28IN3O3S. The van der Waals surface area contributed by atoms with E-state index in [0.29, 0.717) is 17.9 Å². The summed E-state index contributed by atoms with van der Waals surface area (Å²) in [5.41, 5.74) is 1.38. The van der Waals surface area contributed by atoms with Gasteiger partial charge in [-0.2, -0.15) is 0 Å². The predicted octanol–water partition coefficient (Wildman–Crippen LogP) is 3.77. The minimum absolute atomic E-state index is 0. The largest absolute Gasteiger partial charge is 0.496 e. The smallest absolute Gasteiger partial charge is 0.341 e. The number of thiophene rings is 1. The summed E-state index contributed by atoms with van der Waals surface area (Å²) in [7, 11) is 4.64. The van der Waals surface area contributed by atoms with Crippen molar-refractivity contribution in [2.75, 3.05) is 21.3 Å². The number of carbonyl (C=O) groups is 1. The Hall–Kier alpha value is -1.81. The molecule has 2 N–H and O–H groups in total. The SMILES string of the molecule is CN=C(NCc1ccc(C(=O)OC)c(OC)c1)NC(C)Cc1ccc(C)s1.I. The van der Waals surface area contributed by atoms with Crippen molar-refractivity contribution in [3.63, 3.8) is 0 Å². The van der Waals surface area contributed by atoms with Crippen LogP contribution in [0.3, 0.4) is 0 Å². The van der Waals surface area contributed by atoms with Crippen molar-refractivity contribution in [2.24, 2.45) is 4.99 Å². The number of esters is 1. The maximum absolute atomic E-state index is 11.7. The quantitative estimate of drug-likeness (QED) is 0.253. The number of rotatable bonds is 7. The van der Waals surface area contributed by atoms with E-state index < -0.39 is 5.97 Å². The summed E-state index contributed by atoms with van der Waals surface area (Å²) in [6.45, 7) is 4.81. The second-order valence-corrected chi connectivity index (χ2v) is 7.59. The maximum Gasteiger partial charge on any atom is 0.341 e. The third kappa shape index (κ3) is 6.97. The molecule has 1 atom stereocenters. The van der Waals surface area contributed by atoms with Crippen LogP contribution in [-0.4, -0.2) is 39.2 Å². The Bertz CT molecular complexity index is 808. The van der Waals surface area contributed by atoms with Gasteiger partial charge in [-0.15, -0.1) is 35.3 Å². The molecule has 1 aromatic carbocycles. The normalized spacial score (nSPS) is 12.0. The molecular weight excluding hydrogens is 489 g/mol. The standard InChI is InChI=1S/C20H27N3O3S.HI/c1-13(10-16-8-6-14(2)27-16)23-20(21-3)22-12-15-7-9-17(19(24)26-5)18(11-15)25-4;/h6-9,11,13H,10,12H2,1-5H3,(H2,21,22,23);1H. The Morgan fingerprint density at radius 3 is 2.57 bits per heavy atom. The lowest BCUT2D eigenvalue weighted by atomic mass is 10.1. The van der Waals surface area contributed by atoms with Crippen LogP contribution < -0.4 is 15.4 Å². The second-order valence-electron chi connectivity index (χ2n) is 6.21. The minimum Gasteiger partial charge on any atom is -0.496 e. The number of aryl methyl sites for hydroxylation is 1. The molecule has 1 aromatic heterocycles. The summed E-state index contributed by atoms with van der Waals surface area (Å²) in [5.74, 6) is 0.804. The molecule has 0 aliphatic rings. The molecule has 0 spiro atoms. The van der Waals surface area contributed by atoms with E-state index in [2.05, 4.69) is 41.6 Å².